The van der Waals surface area contributed by atoms with Gasteiger partial charge in [0.25, 0.3) is 5.91 Å². The Morgan fingerprint density at radius 1 is 1.00 bits per heavy atom. The van der Waals surface area contributed by atoms with E-state index in [-0.39, 0.29) is 18.5 Å². The molecule has 4 rings (SSSR count). The van der Waals surface area contributed by atoms with Gasteiger partial charge in [0, 0.05) is 25.3 Å². The first-order chi connectivity index (χ1) is 13.6. The Hall–Kier alpha value is -2.86. The van der Waals surface area contributed by atoms with Gasteiger partial charge in [-0.1, -0.05) is 42.5 Å². The van der Waals surface area contributed by atoms with Crippen molar-refractivity contribution in [3.05, 3.63) is 65.2 Å². The van der Waals surface area contributed by atoms with Gasteiger partial charge in [0.1, 0.15) is 0 Å². The van der Waals surface area contributed by atoms with Crippen LogP contribution < -0.4 is 5.32 Å². The second kappa shape index (κ2) is 8.02. The molecule has 2 aliphatic rings. The Kier molecular flexibility index (Phi) is 5.30. The first-order valence-electron chi connectivity index (χ1n) is 9.70. The summed E-state index contributed by atoms with van der Waals surface area (Å²) in [5, 5.41) is 2.94. The number of ether oxygens (including phenoxy) is 1. The summed E-state index contributed by atoms with van der Waals surface area (Å²) in [6, 6.07) is 15.7. The largest absolute Gasteiger partial charge is 0.365 e. The molecule has 0 aromatic heterocycles. The van der Waals surface area contributed by atoms with Gasteiger partial charge in [-0.25, -0.2) is 4.79 Å². The van der Waals surface area contributed by atoms with Crippen molar-refractivity contribution in [2.45, 2.75) is 26.0 Å². The third kappa shape index (κ3) is 3.87. The number of hydrogen-bond donors (Lipinski definition) is 1. The number of fused-ring (bicyclic) bond motifs is 1. The van der Waals surface area contributed by atoms with Gasteiger partial charge in [-0.2, -0.15) is 0 Å². The minimum absolute atomic E-state index is 0.0390. The zero-order valence-electron chi connectivity index (χ0n) is 16.1. The molecule has 146 valence electrons. The summed E-state index contributed by atoms with van der Waals surface area (Å²) in [7, 11) is 0. The van der Waals surface area contributed by atoms with Crippen molar-refractivity contribution < 1.29 is 14.3 Å². The maximum atomic E-state index is 13.0. The van der Waals surface area contributed by atoms with Crippen LogP contribution in [-0.4, -0.2) is 54.1 Å². The molecular formula is C22H25N3O3. The summed E-state index contributed by atoms with van der Waals surface area (Å²) < 4.78 is 5.72. The van der Waals surface area contributed by atoms with Crippen LogP contribution in [0.25, 0.3) is 0 Å². The van der Waals surface area contributed by atoms with Gasteiger partial charge >= 0.3 is 6.03 Å². The van der Waals surface area contributed by atoms with Crippen molar-refractivity contribution in [2.24, 2.45) is 0 Å². The van der Waals surface area contributed by atoms with Crippen molar-refractivity contribution in [1.82, 2.24) is 9.80 Å². The highest BCUT2D eigenvalue weighted by molar-refractivity contribution is 5.91. The number of hydrogen-bond acceptors (Lipinski definition) is 3. The Bertz CT molecular complexity index is 883. The van der Waals surface area contributed by atoms with Crippen LogP contribution >= 0.6 is 0 Å². The molecule has 1 saturated heterocycles. The lowest BCUT2D eigenvalue weighted by atomic mass is 9.99. The zero-order valence-corrected chi connectivity index (χ0v) is 16.1. The molecule has 0 spiro atoms. The maximum Gasteiger partial charge on any atom is 0.322 e. The third-order valence-corrected chi connectivity index (χ3v) is 5.46. The molecule has 2 aliphatic heterocycles. The standard InChI is InChI=1S/C22H25N3O3/c1-16-6-2-5-9-19(16)23-22(27)25-12-13-28-20(15-25)21(26)24-11-10-17-7-3-4-8-18(17)14-24/h2-9,20H,10-15H2,1H3,(H,23,27)/t20-/m1/s1. The lowest BCUT2D eigenvalue weighted by molar-refractivity contribution is -0.148. The molecule has 0 unspecified atom stereocenters. The van der Waals surface area contributed by atoms with Gasteiger partial charge in [-0.05, 0) is 36.1 Å². The van der Waals surface area contributed by atoms with E-state index in [1.807, 2.05) is 48.2 Å². The number of nitrogens with zero attached hydrogens (tertiary/aromatic N) is 2. The number of benzene rings is 2. The number of morpholine rings is 1. The van der Waals surface area contributed by atoms with Crippen LogP contribution in [0.2, 0.25) is 0 Å². The van der Waals surface area contributed by atoms with Crippen LogP contribution in [0.15, 0.2) is 48.5 Å². The molecule has 1 fully saturated rings. The van der Waals surface area contributed by atoms with E-state index in [4.69, 9.17) is 4.74 Å². The molecular weight excluding hydrogens is 354 g/mol. The minimum atomic E-state index is -0.610. The van der Waals surface area contributed by atoms with Gasteiger partial charge in [0.05, 0.1) is 13.2 Å². The summed E-state index contributed by atoms with van der Waals surface area (Å²) >= 11 is 0. The highest BCUT2D eigenvalue weighted by Gasteiger charge is 2.33. The summed E-state index contributed by atoms with van der Waals surface area (Å²) in [6.07, 6.45) is 0.244. The average molecular weight is 379 g/mol. The third-order valence-electron chi connectivity index (χ3n) is 5.46. The Balaban J connectivity index is 1.39. The van der Waals surface area contributed by atoms with Crippen molar-refractivity contribution >= 4 is 17.6 Å². The highest BCUT2D eigenvalue weighted by Crippen LogP contribution is 2.21. The minimum Gasteiger partial charge on any atom is -0.365 e. The molecule has 0 radical (unpaired) electrons. The first-order valence-corrected chi connectivity index (χ1v) is 9.70. The summed E-state index contributed by atoms with van der Waals surface area (Å²) in [5.74, 6) is -0.0390. The molecule has 1 N–H and O–H groups in total. The molecule has 1 atom stereocenters. The molecule has 0 bridgehead atoms. The van der Waals surface area contributed by atoms with E-state index in [9.17, 15) is 9.59 Å². The molecule has 2 aromatic carbocycles. The number of para-hydroxylation sites is 1. The van der Waals surface area contributed by atoms with Crippen molar-refractivity contribution in [1.29, 1.82) is 0 Å². The van der Waals surface area contributed by atoms with Crippen LogP contribution in [0, 0.1) is 6.92 Å². The number of amides is 3. The number of urea groups is 1. The lowest BCUT2D eigenvalue weighted by Gasteiger charge is -2.36. The van der Waals surface area contributed by atoms with E-state index in [2.05, 4.69) is 17.4 Å². The topological polar surface area (TPSA) is 61.9 Å². The normalized spacial score (nSPS) is 19.1. The van der Waals surface area contributed by atoms with E-state index in [1.165, 1.54) is 11.1 Å². The predicted molar refractivity (Wildman–Crippen MR) is 107 cm³/mol. The fourth-order valence-electron chi connectivity index (χ4n) is 3.78. The average Bonchev–Trinajstić information content (AvgIpc) is 2.74. The van der Waals surface area contributed by atoms with Crippen LogP contribution in [0.5, 0.6) is 0 Å². The highest BCUT2D eigenvalue weighted by atomic mass is 16.5. The quantitative estimate of drug-likeness (QED) is 0.873. The monoisotopic (exact) mass is 379 g/mol. The van der Waals surface area contributed by atoms with E-state index in [0.717, 1.165) is 17.7 Å². The van der Waals surface area contributed by atoms with E-state index in [0.29, 0.717) is 26.2 Å². The van der Waals surface area contributed by atoms with Gasteiger partial charge < -0.3 is 19.9 Å². The second-order valence-corrected chi connectivity index (χ2v) is 7.33. The number of rotatable bonds is 2. The molecule has 6 nitrogen and oxygen atoms in total. The van der Waals surface area contributed by atoms with Gasteiger partial charge in [0.15, 0.2) is 6.10 Å². The SMILES string of the molecule is Cc1ccccc1NC(=O)N1CCO[C@@H](C(=O)N2CCc3ccccc3C2)C1. The predicted octanol–water partition coefficient (Wildman–Crippen LogP) is 2.81. The zero-order chi connectivity index (χ0) is 19.5. The molecule has 6 heteroatoms. The Morgan fingerprint density at radius 2 is 1.75 bits per heavy atom. The molecule has 28 heavy (non-hydrogen) atoms. The van der Waals surface area contributed by atoms with Crippen LogP contribution in [0.1, 0.15) is 16.7 Å². The maximum absolute atomic E-state index is 13.0. The van der Waals surface area contributed by atoms with Crippen molar-refractivity contribution in [3.63, 3.8) is 0 Å². The van der Waals surface area contributed by atoms with Crippen LogP contribution in [0.4, 0.5) is 10.5 Å². The van der Waals surface area contributed by atoms with E-state index in [1.54, 1.807) is 4.90 Å². The van der Waals surface area contributed by atoms with Crippen LogP contribution in [-0.2, 0) is 22.5 Å². The molecule has 0 aliphatic carbocycles. The van der Waals surface area contributed by atoms with Crippen LogP contribution in [0.3, 0.4) is 0 Å². The van der Waals surface area contributed by atoms with E-state index < -0.39 is 6.10 Å². The van der Waals surface area contributed by atoms with Crippen molar-refractivity contribution in [2.75, 3.05) is 31.6 Å². The lowest BCUT2D eigenvalue weighted by Crippen LogP contribution is -2.54. The molecule has 3 amide bonds. The van der Waals surface area contributed by atoms with E-state index >= 15 is 0 Å². The summed E-state index contributed by atoms with van der Waals surface area (Å²) in [6.45, 7) is 4.35. The summed E-state index contributed by atoms with van der Waals surface area (Å²) in [5.41, 5.74) is 4.28. The molecule has 0 saturated carbocycles. The Morgan fingerprint density at radius 3 is 2.57 bits per heavy atom. The van der Waals surface area contributed by atoms with Gasteiger partial charge in [-0.15, -0.1) is 0 Å². The number of carbonyl (C=O) groups is 2. The Labute approximate surface area is 165 Å². The fraction of sp³-hybridized carbons (Fsp3) is 0.364. The number of carbonyl (C=O) groups excluding carboxylic acids is 2. The summed E-state index contributed by atoms with van der Waals surface area (Å²) in [4.78, 5) is 29.2. The van der Waals surface area contributed by atoms with Gasteiger partial charge in [0.2, 0.25) is 0 Å². The molecule has 2 heterocycles. The van der Waals surface area contributed by atoms with Crippen molar-refractivity contribution in [3.8, 4) is 0 Å². The smallest absolute Gasteiger partial charge is 0.322 e. The number of anilines is 1. The van der Waals surface area contributed by atoms with Gasteiger partial charge in [-0.3, -0.25) is 4.79 Å². The first kappa shape index (κ1) is 18.5. The number of nitrogens with one attached hydrogen (secondary N) is 1. The fourth-order valence-corrected chi connectivity index (χ4v) is 3.78. The molecule has 2 aromatic rings. The number of aryl methyl sites for hydroxylation is 1. The second-order valence-electron chi connectivity index (χ2n) is 7.33.